The van der Waals surface area contributed by atoms with Gasteiger partial charge in [0.15, 0.2) is 23.0 Å². The molecule has 0 bridgehead atoms. The van der Waals surface area contributed by atoms with Crippen LogP contribution in [0.3, 0.4) is 0 Å². The fraction of sp³-hybridized carbons (Fsp3) is 0.348. The highest BCUT2D eigenvalue weighted by Gasteiger charge is 2.13. The van der Waals surface area contributed by atoms with Gasteiger partial charge in [0.05, 0.1) is 19.0 Å². The summed E-state index contributed by atoms with van der Waals surface area (Å²) in [4.78, 5) is 8.83. The number of rotatable bonds is 11. The van der Waals surface area contributed by atoms with Gasteiger partial charge in [-0.3, -0.25) is 5.32 Å². The van der Waals surface area contributed by atoms with Crippen LogP contribution in [0.2, 0.25) is 0 Å². The molecule has 3 heterocycles. The lowest BCUT2D eigenvalue weighted by Gasteiger charge is -2.11. The lowest BCUT2D eigenvalue weighted by atomic mass is 10.1. The molecular formula is C23H27N7O3. The Kier molecular flexibility index (Phi) is 7.51. The molecule has 1 aromatic carbocycles. The number of methoxy groups -OCH3 is 1. The third-order valence-electron chi connectivity index (χ3n) is 4.95. The Balaban J connectivity index is 1.51. The summed E-state index contributed by atoms with van der Waals surface area (Å²) in [7, 11) is 1.63. The largest absolute Gasteiger partial charge is 0.488 e. The van der Waals surface area contributed by atoms with Crippen LogP contribution in [0.25, 0.3) is 17.0 Å². The van der Waals surface area contributed by atoms with Gasteiger partial charge >= 0.3 is 0 Å². The maximum absolute atomic E-state index is 10.3. The third-order valence-corrected chi connectivity index (χ3v) is 4.95. The van der Waals surface area contributed by atoms with Crippen molar-refractivity contribution in [3.8, 4) is 17.1 Å². The van der Waals surface area contributed by atoms with Gasteiger partial charge in [0.2, 0.25) is 0 Å². The normalized spacial score (nSPS) is 12.2. The summed E-state index contributed by atoms with van der Waals surface area (Å²) < 4.78 is 12.2. The molecule has 4 rings (SSSR count). The van der Waals surface area contributed by atoms with E-state index in [1.54, 1.807) is 36.2 Å². The first-order valence-corrected chi connectivity index (χ1v) is 10.8. The minimum Gasteiger partial charge on any atom is -0.488 e. The molecule has 0 spiro atoms. The average Bonchev–Trinajstić information content (AvgIpc) is 3.25. The van der Waals surface area contributed by atoms with Crippen LogP contribution in [-0.2, 0) is 11.2 Å². The number of hydrogen-bond donors (Lipinski definition) is 2. The quantitative estimate of drug-likeness (QED) is 0.262. The van der Waals surface area contributed by atoms with Crippen LogP contribution >= 0.6 is 0 Å². The van der Waals surface area contributed by atoms with Crippen molar-refractivity contribution in [2.24, 2.45) is 0 Å². The summed E-state index contributed by atoms with van der Waals surface area (Å²) in [6.07, 6.45) is 3.90. The van der Waals surface area contributed by atoms with Gasteiger partial charge < -0.3 is 14.6 Å². The Hall–Kier alpha value is -3.47. The lowest BCUT2D eigenvalue weighted by Crippen LogP contribution is -2.23. The van der Waals surface area contributed by atoms with E-state index < -0.39 is 6.23 Å². The standard InChI is InChI=1S/C23H27N7O3/c1-3-9-24-23(31)19-7-8-20-27-28-21(30(20)29-19)13-16-5-4-6-17(12-16)22-25-14-18(15-26-22)33-11-10-32-2/h4-8,12,14-15,23-24,31H,3,9-11,13H2,1-2H3. The predicted octanol–water partition coefficient (Wildman–Crippen LogP) is 2.19. The Morgan fingerprint density at radius 2 is 1.94 bits per heavy atom. The van der Waals surface area contributed by atoms with Crippen LogP contribution in [0.5, 0.6) is 5.75 Å². The first kappa shape index (κ1) is 22.7. The van der Waals surface area contributed by atoms with E-state index in [2.05, 4.69) is 30.6 Å². The minimum atomic E-state index is -0.841. The molecule has 10 nitrogen and oxygen atoms in total. The van der Waals surface area contributed by atoms with Crippen molar-refractivity contribution in [2.75, 3.05) is 26.9 Å². The summed E-state index contributed by atoms with van der Waals surface area (Å²) in [5.41, 5.74) is 3.05. The topological polar surface area (TPSA) is 120 Å². The summed E-state index contributed by atoms with van der Waals surface area (Å²) in [5.74, 6) is 1.88. The Labute approximate surface area is 191 Å². The van der Waals surface area contributed by atoms with Gasteiger partial charge in [-0.15, -0.1) is 10.2 Å². The molecule has 4 aromatic rings. The van der Waals surface area contributed by atoms with E-state index >= 15 is 0 Å². The van der Waals surface area contributed by atoms with E-state index in [1.807, 2.05) is 31.2 Å². The molecular weight excluding hydrogens is 422 g/mol. The number of benzene rings is 1. The average molecular weight is 450 g/mol. The van der Waals surface area contributed by atoms with Gasteiger partial charge in [-0.05, 0) is 36.7 Å². The van der Waals surface area contributed by atoms with Crippen molar-refractivity contribution >= 4 is 5.65 Å². The van der Waals surface area contributed by atoms with Crippen LogP contribution in [-0.4, -0.2) is 61.8 Å². The number of ether oxygens (including phenoxy) is 2. The molecule has 2 N–H and O–H groups in total. The summed E-state index contributed by atoms with van der Waals surface area (Å²) in [6, 6.07) is 11.5. The number of aliphatic hydroxyl groups is 1. The second kappa shape index (κ2) is 10.9. The molecule has 0 radical (unpaired) electrons. The van der Waals surface area contributed by atoms with Crippen molar-refractivity contribution in [1.29, 1.82) is 0 Å². The van der Waals surface area contributed by atoms with Gasteiger partial charge in [0, 0.05) is 19.1 Å². The highest BCUT2D eigenvalue weighted by atomic mass is 16.5. The fourth-order valence-corrected chi connectivity index (χ4v) is 3.27. The smallest absolute Gasteiger partial charge is 0.177 e. The molecule has 1 unspecified atom stereocenters. The van der Waals surface area contributed by atoms with E-state index in [4.69, 9.17) is 9.47 Å². The van der Waals surface area contributed by atoms with Crippen molar-refractivity contribution < 1.29 is 14.6 Å². The summed E-state index contributed by atoms with van der Waals surface area (Å²) in [5, 5.41) is 26.4. The second-order valence-electron chi connectivity index (χ2n) is 7.46. The van der Waals surface area contributed by atoms with Gasteiger partial charge in [0.1, 0.15) is 18.5 Å². The zero-order valence-corrected chi connectivity index (χ0v) is 18.7. The Morgan fingerprint density at radius 3 is 2.73 bits per heavy atom. The van der Waals surface area contributed by atoms with Crippen LogP contribution in [0.15, 0.2) is 48.8 Å². The zero-order valence-electron chi connectivity index (χ0n) is 18.7. The molecule has 10 heteroatoms. The molecule has 0 amide bonds. The molecule has 0 aliphatic heterocycles. The lowest BCUT2D eigenvalue weighted by molar-refractivity contribution is 0.133. The van der Waals surface area contributed by atoms with E-state index in [9.17, 15) is 5.11 Å². The molecule has 172 valence electrons. The predicted molar refractivity (Wildman–Crippen MR) is 122 cm³/mol. The number of fused-ring (bicyclic) bond motifs is 1. The first-order chi connectivity index (χ1) is 16.2. The van der Waals surface area contributed by atoms with Crippen molar-refractivity contribution in [1.82, 2.24) is 35.1 Å². The minimum absolute atomic E-state index is 0.447. The number of aromatic nitrogens is 6. The molecule has 0 fully saturated rings. The van der Waals surface area contributed by atoms with Gasteiger partial charge in [-0.2, -0.15) is 9.61 Å². The SMILES string of the molecule is CCCNC(O)c1ccc2nnc(Cc3cccc(-c4ncc(OCCOC)cn4)c3)n2n1. The summed E-state index contributed by atoms with van der Waals surface area (Å²) >= 11 is 0. The van der Waals surface area contributed by atoms with E-state index in [0.29, 0.717) is 54.9 Å². The third kappa shape index (κ3) is 5.67. The number of nitrogens with one attached hydrogen (secondary N) is 1. The van der Waals surface area contributed by atoms with E-state index in [-0.39, 0.29) is 0 Å². The number of hydrogen-bond acceptors (Lipinski definition) is 9. The molecule has 0 aliphatic rings. The highest BCUT2D eigenvalue weighted by molar-refractivity contribution is 5.56. The van der Waals surface area contributed by atoms with E-state index in [1.165, 1.54) is 0 Å². The van der Waals surface area contributed by atoms with Crippen LogP contribution in [0.4, 0.5) is 0 Å². The molecule has 3 aromatic heterocycles. The molecule has 0 aliphatic carbocycles. The maximum Gasteiger partial charge on any atom is 0.177 e. The maximum atomic E-state index is 10.3. The van der Waals surface area contributed by atoms with Crippen molar-refractivity contribution in [2.45, 2.75) is 26.0 Å². The van der Waals surface area contributed by atoms with Crippen LogP contribution in [0, 0.1) is 0 Å². The second-order valence-corrected chi connectivity index (χ2v) is 7.46. The van der Waals surface area contributed by atoms with Gasteiger partial charge in [0.25, 0.3) is 0 Å². The van der Waals surface area contributed by atoms with Crippen molar-refractivity contribution in [3.05, 3.63) is 65.9 Å². The Morgan fingerprint density at radius 1 is 1.09 bits per heavy atom. The number of nitrogens with zero attached hydrogens (tertiary/aromatic N) is 6. The summed E-state index contributed by atoms with van der Waals surface area (Å²) in [6.45, 7) is 3.69. The first-order valence-electron chi connectivity index (χ1n) is 10.8. The molecule has 0 saturated heterocycles. The van der Waals surface area contributed by atoms with Gasteiger partial charge in [-0.1, -0.05) is 25.1 Å². The highest BCUT2D eigenvalue weighted by Crippen LogP contribution is 2.20. The molecule has 1 atom stereocenters. The number of aliphatic hydroxyl groups excluding tert-OH is 1. The fourth-order valence-electron chi connectivity index (χ4n) is 3.27. The van der Waals surface area contributed by atoms with Gasteiger partial charge in [-0.25, -0.2) is 9.97 Å². The van der Waals surface area contributed by atoms with Crippen molar-refractivity contribution in [3.63, 3.8) is 0 Å². The van der Waals surface area contributed by atoms with E-state index in [0.717, 1.165) is 17.5 Å². The molecule has 0 saturated carbocycles. The van der Waals surface area contributed by atoms with Crippen LogP contribution < -0.4 is 10.1 Å². The monoisotopic (exact) mass is 449 g/mol. The Bertz CT molecular complexity index is 1180. The zero-order chi connectivity index (χ0) is 23.0. The molecule has 33 heavy (non-hydrogen) atoms. The van der Waals surface area contributed by atoms with Crippen LogP contribution in [0.1, 0.15) is 36.7 Å².